The van der Waals surface area contributed by atoms with Crippen molar-refractivity contribution in [3.63, 3.8) is 0 Å². The lowest BCUT2D eigenvalue weighted by molar-refractivity contribution is -0.155. The van der Waals surface area contributed by atoms with Gasteiger partial charge in [-0.05, 0) is 31.4 Å². The lowest BCUT2D eigenvalue weighted by Gasteiger charge is -2.24. The third-order valence-electron chi connectivity index (χ3n) is 5.42. The highest BCUT2D eigenvalue weighted by atomic mass is 19.4. The van der Waals surface area contributed by atoms with Crippen molar-refractivity contribution in [2.75, 3.05) is 11.9 Å². The van der Waals surface area contributed by atoms with Gasteiger partial charge in [0.2, 0.25) is 12.3 Å². The van der Waals surface area contributed by atoms with Gasteiger partial charge in [-0.15, -0.1) is 0 Å². The Hall–Kier alpha value is -2.53. The van der Waals surface area contributed by atoms with Crippen molar-refractivity contribution in [1.82, 2.24) is 10.0 Å². The van der Waals surface area contributed by atoms with E-state index in [0.717, 1.165) is 18.6 Å². The van der Waals surface area contributed by atoms with E-state index in [1.54, 1.807) is 0 Å². The van der Waals surface area contributed by atoms with Gasteiger partial charge >= 0.3 is 6.18 Å². The Labute approximate surface area is 178 Å². The molecule has 0 aromatic carbocycles. The molecule has 1 aromatic heterocycles. The average Bonchev–Trinajstić information content (AvgIpc) is 3.12. The van der Waals surface area contributed by atoms with Crippen molar-refractivity contribution in [3.8, 4) is 0 Å². The second-order valence-electron chi connectivity index (χ2n) is 7.73. The molecule has 0 bridgehead atoms. The van der Waals surface area contributed by atoms with Crippen LogP contribution in [0.2, 0.25) is 0 Å². The third-order valence-corrected chi connectivity index (χ3v) is 5.42. The molecule has 0 aliphatic heterocycles. The third kappa shape index (κ3) is 6.73. The molecule has 1 aromatic rings. The number of amides is 2. The Morgan fingerprint density at radius 2 is 2.03 bits per heavy atom. The highest BCUT2D eigenvalue weighted by molar-refractivity contribution is 5.97. The monoisotopic (exact) mass is 447 g/mol. The molecule has 31 heavy (non-hydrogen) atoms. The number of ketones is 1. The summed E-state index contributed by atoms with van der Waals surface area (Å²) in [5.74, 6) is -3.52. The van der Waals surface area contributed by atoms with Crippen molar-refractivity contribution in [2.24, 2.45) is 17.8 Å². The van der Waals surface area contributed by atoms with Gasteiger partial charge in [0, 0.05) is 19.5 Å². The molecular weight excluding hydrogens is 419 g/mol. The van der Waals surface area contributed by atoms with Gasteiger partial charge in [0.1, 0.15) is 11.6 Å². The highest BCUT2D eigenvalue weighted by Gasteiger charge is 2.44. The molecule has 2 amide bonds. The van der Waals surface area contributed by atoms with E-state index in [4.69, 9.17) is 0 Å². The zero-order valence-corrected chi connectivity index (χ0v) is 17.0. The van der Waals surface area contributed by atoms with Gasteiger partial charge in [-0.1, -0.05) is 19.8 Å². The second-order valence-corrected chi connectivity index (χ2v) is 7.73. The summed E-state index contributed by atoms with van der Waals surface area (Å²) in [6.45, 7) is 1.70. The summed E-state index contributed by atoms with van der Waals surface area (Å²) in [6.07, 6.45) is -2.74. The number of carbonyl (C=O) groups excluding carboxylic acids is 3. The molecule has 1 saturated carbocycles. The number of rotatable bonds is 10. The Bertz CT molecular complexity index is 779. The summed E-state index contributed by atoms with van der Waals surface area (Å²) in [7, 11) is 0. The molecule has 1 aliphatic rings. The summed E-state index contributed by atoms with van der Waals surface area (Å²) < 4.78 is 38.0. The molecule has 1 unspecified atom stereocenters. The number of nitrogens with one attached hydrogen (secondary N) is 1. The van der Waals surface area contributed by atoms with Crippen LogP contribution in [0.4, 0.5) is 19.0 Å². The van der Waals surface area contributed by atoms with Crippen LogP contribution in [0.25, 0.3) is 0 Å². The molecule has 11 heteroatoms. The number of aromatic nitrogens is 1. The van der Waals surface area contributed by atoms with E-state index in [0.29, 0.717) is 24.1 Å². The normalized spacial score (nSPS) is 22.1. The number of pyridine rings is 1. The van der Waals surface area contributed by atoms with E-state index < -0.39 is 41.5 Å². The minimum absolute atomic E-state index is 0. The predicted octanol–water partition coefficient (Wildman–Crippen LogP) is 2.90. The van der Waals surface area contributed by atoms with E-state index >= 15 is 0 Å². The van der Waals surface area contributed by atoms with Crippen molar-refractivity contribution in [2.45, 2.75) is 51.3 Å². The molecule has 2 rings (SSSR count). The second kappa shape index (κ2) is 10.7. The van der Waals surface area contributed by atoms with Gasteiger partial charge in [-0.25, -0.2) is 10.0 Å². The van der Waals surface area contributed by atoms with Crippen molar-refractivity contribution in [1.29, 1.82) is 0 Å². The average molecular weight is 447 g/mol. The van der Waals surface area contributed by atoms with E-state index in [-0.39, 0.29) is 38.8 Å². The molecule has 4 atom stereocenters. The van der Waals surface area contributed by atoms with E-state index in [1.807, 2.05) is 6.92 Å². The zero-order chi connectivity index (χ0) is 23.2. The van der Waals surface area contributed by atoms with Gasteiger partial charge < -0.3 is 10.4 Å². The Morgan fingerprint density at radius 1 is 1.35 bits per heavy atom. The predicted molar refractivity (Wildman–Crippen MR) is 105 cm³/mol. The summed E-state index contributed by atoms with van der Waals surface area (Å²) >= 11 is 0. The summed E-state index contributed by atoms with van der Waals surface area (Å²) in [5.41, 5.74) is -0.961. The van der Waals surface area contributed by atoms with E-state index in [2.05, 4.69) is 10.3 Å². The van der Waals surface area contributed by atoms with Crippen LogP contribution in [0.5, 0.6) is 0 Å². The fourth-order valence-corrected chi connectivity index (χ4v) is 3.82. The van der Waals surface area contributed by atoms with E-state index in [1.165, 1.54) is 0 Å². The Morgan fingerprint density at radius 3 is 2.58 bits per heavy atom. The van der Waals surface area contributed by atoms with Gasteiger partial charge in [0.25, 0.3) is 0 Å². The van der Waals surface area contributed by atoms with Crippen LogP contribution in [-0.2, 0) is 20.6 Å². The SMILES string of the molecule is CCCC[C@H](CN(O)C=O)C(=O)C1C[C@H](O)C[C@H]1C(=O)Nc1ccc(C(F)(F)F)cn1.[HH]. The first-order valence-corrected chi connectivity index (χ1v) is 10.0. The van der Waals surface area contributed by atoms with Gasteiger partial charge in [0.05, 0.1) is 24.1 Å². The van der Waals surface area contributed by atoms with Crippen LogP contribution in [0.3, 0.4) is 0 Å². The number of Topliss-reactive ketones (excluding diaryl/α,β-unsaturated/α-hetero) is 1. The van der Waals surface area contributed by atoms with E-state index in [9.17, 15) is 37.9 Å². The number of anilines is 1. The smallest absolute Gasteiger partial charge is 0.393 e. The number of hydrogen-bond donors (Lipinski definition) is 3. The number of alkyl halides is 3. The maximum atomic E-state index is 13.1. The first kappa shape index (κ1) is 24.7. The number of nitrogens with zero attached hydrogens (tertiary/aromatic N) is 2. The molecule has 174 valence electrons. The number of aliphatic hydroxyl groups excluding tert-OH is 1. The van der Waals surface area contributed by atoms with Crippen LogP contribution < -0.4 is 5.32 Å². The number of aliphatic hydroxyl groups is 1. The number of hydroxylamine groups is 2. The first-order chi connectivity index (χ1) is 14.6. The Balaban J connectivity index is 0.00000512. The van der Waals surface area contributed by atoms with Crippen LogP contribution in [0.15, 0.2) is 18.3 Å². The topological polar surface area (TPSA) is 120 Å². The minimum Gasteiger partial charge on any atom is -0.393 e. The largest absolute Gasteiger partial charge is 0.417 e. The molecule has 8 nitrogen and oxygen atoms in total. The number of hydrogen-bond acceptors (Lipinski definition) is 6. The molecule has 3 N–H and O–H groups in total. The quantitative estimate of drug-likeness (QED) is 0.288. The lowest BCUT2D eigenvalue weighted by Crippen LogP contribution is -2.37. The van der Waals surface area contributed by atoms with Gasteiger partial charge in [-0.3, -0.25) is 19.6 Å². The number of halogens is 3. The molecule has 0 spiro atoms. The zero-order valence-electron chi connectivity index (χ0n) is 17.0. The van der Waals surface area contributed by atoms with Crippen LogP contribution in [0, 0.1) is 17.8 Å². The molecule has 1 fully saturated rings. The molecule has 1 heterocycles. The van der Waals surface area contributed by atoms with Gasteiger partial charge in [0.15, 0.2) is 0 Å². The standard InChI is InChI=1S/C20H26F3N3O5.H2/c1-2-3-4-12(10-26(31)11-27)18(29)15-7-14(28)8-16(15)19(30)25-17-6-5-13(9-24-17)20(21,22)23;/h5-6,9,11-12,14-16,28,31H,2-4,7-8,10H2,1H3,(H,24,25,30);1H/t12-,14+,15?,16-;/m1./s1. The number of unbranched alkanes of at least 4 members (excludes halogenated alkanes) is 1. The minimum atomic E-state index is -4.56. The van der Waals surface area contributed by atoms with Crippen LogP contribution in [-0.4, -0.2) is 51.1 Å². The number of carbonyl (C=O) groups is 3. The molecule has 0 radical (unpaired) electrons. The van der Waals surface area contributed by atoms with Crippen molar-refractivity contribution >= 4 is 23.9 Å². The maximum Gasteiger partial charge on any atom is 0.417 e. The lowest BCUT2D eigenvalue weighted by atomic mass is 9.82. The van der Waals surface area contributed by atoms with Gasteiger partial charge in [-0.2, -0.15) is 13.2 Å². The highest BCUT2D eigenvalue weighted by Crippen LogP contribution is 2.36. The summed E-state index contributed by atoms with van der Waals surface area (Å²) in [6, 6.07) is 1.80. The summed E-state index contributed by atoms with van der Waals surface area (Å²) in [4.78, 5) is 40.2. The Kier molecular flexibility index (Phi) is 8.52. The van der Waals surface area contributed by atoms with Crippen molar-refractivity contribution < 1.29 is 39.3 Å². The van der Waals surface area contributed by atoms with Crippen LogP contribution >= 0.6 is 0 Å². The van der Waals surface area contributed by atoms with Crippen LogP contribution in [0.1, 0.15) is 46.0 Å². The maximum absolute atomic E-state index is 13.1. The first-order valence-electron chi connectivity index (χ1n) is 10.0. The molecule has 1 aliphatic carbocycles. The fraction of sp³-hybridized carbons (Fsp3) is 0.600. The fourth-order valence-electron chi connectivity index (χ4n) is 3.82. The molecular formula is C20H28F3N3O5. The molecule has 0 saturated heterocycles. The van der Waals surface area contributed by atoms with Crippen molar-refractivity contribution in [3.05, 3.63) is 23.9 Å². The summed E-state index contributed by atoms with van der Waals surface area (Å²) in [5, 5.41) is 22.4.